The first-order chi connectivity index (χ1) is 16.2. The molecule has 6 heteroatoms. The van der Waals surface area contributed by atoms with E-state index < -0.39 is 5.97 Å². The van der Waals surface area contributed by atoms with Crippen molar-refractivity contribution in [2.24, 2.45) is 0 Å². The zero-order valence-electron chi connectivity index (χ0n) is 18.0. The number of hydrogen-bond donors (Lipinski definition) is 1. The van der Waals surface area contributed by atoms with E-state index in [0.717, 1.165) is 33.8 Å². The van der Waals surface area contributed by atoms with Crippen molar-refractivity contribution in [2.75, 3.05) is 0 Å². The minimum atomic E-state index is -0.990. The fraction of sp³-hybridized carbons (Fsp3) is 0. The molecule has 0 fully saturated rings. The molecule has 0 bridgehead atoms. The monoisotopic (exact) mass is 623 g/mol. The summed E-state index contributed by atoms with van der Waals surface area (Å²) in [5.74, 6) is -0.990. The molecule has 5 aromatic rings. The maximum absolute atomic E-state index is 10.1. The molecule has 1 N–H and O–H groups in total. The number of aromatic nitrogens is 3. The molecule has 0 aliphatic rings. The van der Waals surface area contributed by atoms with Crippen LogP contribution in [0.4, 0.5) is 0 Å². The van der Waals surface area contributed by atoms with Gasteiger partial charge in [-0.2, -0.15) is 0 Å². The van der Waals surface area contributed by atoms with Gasteiger partial charge in [-0.25, -0.2) is 9.78 Å². The third kappa shape index (κ3) is 6.29. The van der Waals surface area contributed by atoms with E-state index in [-0.39, 0.29) is 25.8 Å². The van der Waals surface area contributed by atoms with E-state index in [1.54, 1.807) is 12.1 Å². The van der Waals surface area contributed by atoms with Crippen molar-refractivity contribution in [1.82, 2.24) is 15.0 Å². The molecule has 5 rings (SSSR count). The quantitative estimate of drug-likeness (QED) is 0.247. The Morgan fingerprint density at radius 3 is 1.91 bits per heavy atom. The molecule has 5 nitrogen and oxygen atoms in total. The van der Waals surface area contributed by atoms with Gasteiger partial charge in [-0.3, -0.25) is 4.98 Å². The molecule has 169 valence electrons. The van der Waals surface area contributed by atoms with Crippen LogP contribution in [0.25, 0.3) is 33.8 Å². The van der Waals surface area contributed by atoms with Gasteiger partial charge < -0.3 is 10.1 Å². The molecule has 0 aliphatic carbocycles. The summed E-state index contributed by atoms with van der Waals surface area (Å²) in [5.41, 5.74) is 5.73. The summed E-state index contributed by atoms with van der Waals surface area (Å²) in [5, 5.41) is 8.32. The van der Waals surface area contributed by atoms with Gasteiger partial charge in [-0.1, -0.05) is 66.7 Å². The Labute approximate surface area is 211 Å². The summed E-state index contributed by atoms with van der Waals surface area (Å²) in [6.07, 6.45) is 3.28. The van der Waals surface area contributed by atoms with Crippen LogP contribution >= 0.6 is 0 Å². The number of hydrogen-bond acceptors (Lipinski definition) is 4. The van der Waals surface area contributed by atoms with Crippen molar-refractivity contribution in [2.45, 2.75) is 0 Å². The maximum Gasteiger partial charge on any atom is 0.354 e. The average Bonchev–Trinajstić information content (AvgIpc) is 2.91. The maximum atomic E-state index is 10.1. The molecule has 0 atom stereocenters. The number of rotatable bonds is 4. The molecule has 0 unspecified atom stereocenters. The van der Waals surface area contributed by atoms with E-state index in [0.29, 0.717) is 0 Å². The van der Waals surface area contributed by atoms with Gasteiger partial charge in [-0.15, -0.1) is 35.9 Å². The van der Waals surface area contributed by atoms with Crippen LogP contribution in [0, 0.1) is 6.07 Å². The minimum Gasteiger partial charge on any atom is -0.477 e. The normalized spacial score (nSPS) is 9.76. The van der Waals surface area contributed by atoms with Crippen LogP contribution < -0.4 is 0 Å². The van der Waals surface area contributed by atoms with Crippen LogP contribution in [0.15, 0.2) is 116 Å². The first-order valence-corrected chi connectivity index (χ1v) is 10.3. The number of carbonyl (C=O) groups is 1. The molecule has 2 heterocycles. The van der Waals surface area contributed by atoms with Crippen molar-refractivity contribution in [3.05, 3.63) is 127 Å². The van der Waals surface area contributed by atoms with Gasteiger partial charge >= 0.3 is 5.97 Å². The molecule has 0 saturated carbocycles. The van der Waals surface area contributed by atoms with E-state index in [2.05, 4.69) is 23.2 Å². The SMILES string of the molecule is O=C(O)c1ccccn1.[Ir].[c-]1ccccc1-c1ncc(-c2ccccc2)nc1-c1ccccc1. The van der Waals surface area contributed by atoms with E-state index in [9.17, 15) is 4.79 Å². The Hall–Kier alpha value is -3.99. The van der Waals surface area contributed by atoms with Crippen LogP contribution in [-0.2, 0) is 20.1 Å². The molecule has 2 aromatic heterocycles. The number of nitrogens with zero attached hydrogens (tertiary/aromatic N) is 3. The summed E-state index contributed by atoms with van der Waals surface area (Å²) in [4.78, 5) is 23.3. The van der Waals surface area contributed by atoms with E-state index in [4.69, 9.17) is 15.1 Å². The molecule has 1 radical (unpaired) electrons. The van der Waals surface area contributed by atoms with Gasteiger partial charge in [0.25, 0.3) is 0 Å². The molecular formula is C28H20IrN3O2-. The summed E-state index contributed by atoms with van der Waals surface area (Å²) in [6.45, 7) is 0. The Bertz CT molecular complexity index is 1320. The standard InChI is InChI=1S/C22H15N2.C6H5NO2.Ir/c1-4-10-17(11-5-1)20-16-23-21(18-12-6-2-7-13-18)22(24-20)19-14-8-3-9-15-19;8-6(9)5-3-1-2-4-7-5;/h1-12,14-16H;1-4H,(H,8,9);/q-1;;. The topological polar surface area (TPSA) is 76.0 Å². The number of aromatic carboxylic acids is 1. The Kier molecular flexibility index (Phi) is 8.92. The van der Waals surface area contributed by atoms with E-state index in [1.165, 1.54) is 12.3 Å². The molecular weight excluding hydrogens is 603 g/mol. The molecule has 34 heavy (non-hydrogen) atoms. The van der Waals surface area contributed by atoms with Gasteiger partial charge in [0, 0.05) is 43.8 Å². The second-order valence-corrected chi connectivity index (χ2v) is 6.98. The van der Waals surface area contributed by atoms with Gasteiger partial charge in [0.05, 0.1) is 11.4 Å². The predicted octanol–water partition coefficient (Wildman–Crippen LogP) is 6.06. The van der Waals surface area contributed by atoms with Crippen molar-refractivity contribution in [3.63, 3.8) is 0 Å². The van der Waals surface area contributed by atoms with Crippen LogP contribution in [0.1, 0.15) is 10.5 Å². The zero-order chi connectivity index (χ0) is 22.9. The fourth-order valence-electron chi connectivity index (χ4n) is 3.16. The van der Waals surface area contributed by atoms with Crippen molar-refractivity contribution in [3.8, 4) is 33.8 Å². The largest absolute Gasteiger partial charge is 0.477 e. The van der Waals surface area contributed by atoms with Gasteiger partial charge in [-0.05, 0) is 17.7 Å². The third-order valence-electron chi connectivity index (χ3n) is 4.74. The Morgan fingerprint density at radius 2 is 1.35 bits per heavy atom. The minimum absolute atomic E-state index is 0. The third-order valence-corrected chi connectivity index (χ3v) is 4.74. The van der Waals surface area contributed by atoms with Crippen LogP contribution in [0.5, 0.6) is 0 Å². The van der Waals surface area contributed by atoms with Crippen molar-refractivity contribution in [1.29, 1.82) is 0 Å². The summed E-state index contributed by atoms with van der Waals surface area (Å²) in [7, 11) is 0. The van der Waals surface area contributed by atoms with Crippen molar-refractivity contribution < 1.29 is 30.0 Å². The molecule has 0 aliphatic heterocycles. The van der Waals surface area contributed by atoms with E-state index >= 15 is 0 Å². The summed E-state index contributed by atoms with van der Waals surface area (Å²) in [6, 6.07) is 36.2. The molecule has 0 amide bonds. The molecule has 0 spiro atoms. The summed E-state index contributed by atoms with van der Waals surface area (Å²) < 4.78 is 0. The van der Waals surface area contributed by atoms with Gasteiger partial charge in [0.1, 0.15) is 5.69 Å². The number of carboxylic acid groups (broad SMARTS) is 1. The summed E-state index contributed by atoms with van der Waals surface area (Å²) >= 11 is 0. The number of carboxylic acids is 1. The zero-order valence-corrected chi connectivity index (χ0v) is 20.4. The van der Waals surface area contributed by atoms with E-state index in [1.807, 2.05) is 79.0 Å². The second kappa shape index (κ2) is 12.3. The van der Waals surface area contributed by atoms with Gasteiger partial charge in [0.15, 0.2) is 0 Å². The molecule has 3 aromatic carbocycles. The number of benzene rings is 3. The Balaban J connectivity index is 0.000000275. The first kappa shape index (κ1) is 24.6. The van der Waals surface area contributed by atoms with Crippen molar-refractivity contribution >= 4 is 5.97 Å². The smallest absolute Gasteiger partial charge is 0.354 e. The fourth-order valence-corrected chi connectivity index (χ4v) is 3.16. The van der Waals surface area contributed by atoms with Crippen LogP contribution in [0.2, 0.25) is 0 Å². The number of pyridine rings is 1. The van der Waals surface area contributed by atoms with Crippen LogP contribution in [-0.4, -0.2) is 26.0 Å². The van der Waals surface area contributed by atoms with Gasteiger partial charge in [0.2, 0.25) is 0 Å². The van der Waals surface area contributed by atoms with Crippen LogP contribution in [0.3, 0.4) is 0 Å². The Morgan fingerprint density at radius 1 is 0.706 bits per heavy atom. The predicted molar refractivity (Wildman–Crippen MR) is 128 cm³/mol. The average molecular weight is 623 g/mol. The second-order valence-electron chi connectivity index (χ2n) is 6.98. The molecule has 0 saturated heterocycles. The first-order valence-electron chi connectivity index (χ1n) is 10.3.